The predicted molar refractivity (Wildman–Crippen MR) is 124 cm³/mol. The summed E-state index contributed by atoms with van der Waals surface area (Å²) in [7, 11) is 0. The zero-order valence-corrected chi connectivity index (χ0v) is 19.8. The number of rotatable bonds is 10. The van der Waals surface area contributed by atoms with Crippen molar-refractivity contribution in [2.45, 2.75) is 41.5 Å². The van der Waals surface area contributed by atoms with E-state index in [-0.39, 0.29) is 12.5 Å². The Morgan fingerprint density at radius 3 is 2.20 bits per heavy atom. The molecule has 2 N–H and O–H groups in total. The molecule has 6 heteroatoms. The van der Waals surface area contributed by atoms with Gasteiger partial charge in [0.05, 0.1) is 19.7 Å². The van der Waals surface area contributed by atoms with Crippen molar-refractivity contribution in [3.63, 3.8) is 0 Å². The molecular formula is C24H35N2O3S+. The summed E-state index contributed by atoms with van der Waals surface area (Å²) >= 11 is 1.37. The molecule has 0 aliphatic heterocycles. The van der Waals surface area contributed by atoms with Crippen molar-refractivity contribution in [3.05, 3.63) is 40.8 Å². The third kappa shape index (κ3) is 6.96. The molecule has 0 radical (unpaired) electrons. The largest absolute Gasteiger partial charge is 0.462 e. The van der Waals surface area contributed by atoms with E-state index < -0.39 is 5.97 Å². The van der Waals surface area contributed by atoms with Crippen LogP contribution in [0.3, 0.4) is 0 Å². The fraction of sp³-hybridized carbons (Fsp3) is 0.500. The number of thiophene rings is 1. The second-order valence-electron chi connectivity index (χ2n) is 8.61. The molecule has 0 fully saturated rings. The van der Waals surface area contributed by atoms with Crippen LogP contribution in [0, 0.1) is 18.8 Å². The first-order valence-electron chi connectivity index (χ1n) is 10.7. The van der Waals surface area contributed by atoms with Crippen LogP contribution in [0.15, 0.2) is 29.6 Å². The first-order chi connectivity index (χ1) is 14.2. The topological polar surface area (TPSA) is 59.8 Å². The minimum Gasteiger partial charge on any atom is -0.462 e. The fourth-order valence-corrected chi connectivity index (χ4v) is 4.56. The van der Waals surface area contributed by atoms with Gasteiger partial charge in [-0.15, -0.1) is 11.3 Å². The SMILES string of the molecule is CCOC(=O)c1c(-c2ccc(C)cc2)csc1NC(=O)C[NH+](CC(C)C)CC(C)C. The third-order valence-electron chi connectivity index (χ3n) is 4.69. The van der Waals surface area contributed by atoms with Gasteiger partial charge in [0.2, 0.25) is 0 Å². The van der Waals surface area contributed by atoms with Gasteiger partial charge in [-0.1, -0.05) is 57.5 Å². The molecule has 0 saturated carbocycles. The number of aryl methyl sites for hydroxylation is 1. The average Bonchev–Trinajstić information content (AvgIpc) is 3.04. The molecule has 1 amide bonds. The minimum atomic E-state index is -0.404. The summed E-state index contributed by atoms with van der Waals surface area (Å²) in [6.45, 7) is 15.0. The van der Waals surface area contributed by atoms with Gasteiger partial charge < -0.3 is 15.0 Å². The van der Waals surface area contributed by atoms with E-state index in [1.54, 1.807) is 6.92 Å². The summed E-state index contributed by atoms with van der Waals surface area (Å²) in [6.07, 6.45) is 0. The standard InChI is InChI=1S/C24H34N2O3S/c1-7-29-24(28)22-20(19-10-8-18(6)9-11-19)15-30-23(22)25-21(27)14-26(12-16(2)3)13-17(4)5/h8-11,15-17H,7,12-14H2,1-6H3,(H,25,27)/p+1. The zero-order valence-electron chi connectivity index (χ0n) is 19.0. The third-order valence-corrected chi connectivity index (χ3v) is 5.59. The zero-order chi connectivity index (χ0) is 22.3. The summed E-state index contributed by atoms with van der Waals surface area (Å²) in [4.78, 5) is 26.8. The van der Waals surface area contributed by atoms with Crippen LogP contribution in [0.1, 0.15) is 50.5 Å². The van der Waals surface area contributed by atoms with Crippen molar-refractivity contribution in [2.24, 2.45) is 11.8 Å². The van der Waals surface area contributed by atoms with Gasteiger partial charge in [0.15, 0.2) is 6.54 Å². The van der Waals surface area contributed by atoms with Crippen LogP contribution in [0.5, 0.6) is 0 Å². The molecule has 0 spiro atoms. The molecular weight excluding hydrogens is 396 g/mol. The first kappa shape index (κ1) is 24.1. The lowest BCUT2D eigenvalue weighted by Crippen LogP contribution is -3.14. The van der Waals surface area contributed by atoms with Crippen molar-refractivity contribution in [2.75, 3.05) is 31.6 Å². The van der Waals surface area contributed by atoms with Crippen molar-refractivity contribution >= 4 is 28.2 Å². The van der Waals surface area contributed by atoms with Crippen LogP contribution >= 0.6 is 11.3 Å². The lowest BCUT2D eigenvalue weighted by Gasteiger charge is -2.22. The number of carbonyl (C=O) groups excluding carboxylic acids is 2. The van der Waals surface area contributed by atoms with E-state index in [1.165, 1.54) is 16.2 Å². The minimum absolute atomic E-state index is 0.0749. The van der Waals surface area contributed by atoms with Gasteiger partial charge >= 0.3 is 5.97 Å². The molecule has 0 aliphatic rings. The molecule has 0 bridgehead atoms. The van der Waals surface area contributed by atoms with Crippen LogP contribution in [-0.4, -0.2) is 38.1 Å². The summed E-state index contributed by atoms with van der Waals surface area (Å²) in [5.74, 6) is 0.542. The number of amides is 1. The molecule has 0 unspecified atom stereocenters. The lowest BCUT2D eigenvalue weighted by atomic mass is 10.0. The summed E-state index contributed by atoms with van der Waals surface area (Å²) in [5.41, 5.74) is 3.32. The maximum absolute atomic E-state index is 12.8. The second-order valence-corrected chi connectivity index (χ2v) is 9.49. The van der Waals surface area contributed by atoms with Gasteiger partial charge in [0, 0.05) is 22.8 Å². The highest BCUT2D eigenvalue weighted by atomic mass is 32.1. The van der Waals surface area contributed by atoms with Crippen molar-refractivity contribution < 1.29 is 19.2 Å². The molecule has 2 rings (SSSR count). The normalized spacial score (nSPS) is 11.4. The van der Waals surface area contributed by atoms with Crippen LogP contribution in [0.2, 0.25) is 0 Å². The van der Waals surface area contributed by atoms with Gasteiger partial charge in [-0.05, 0) is 19.4 Å². The van der Waals surface area contributed by atoms with Crippen LogP contribution in [0.25, 0.3) is 11.1 Å². The monoisotopic (exact) mass is 431 g/mol. The molecule has 30 heavy (non-hydrogen) atoms. The molecule has 1 heterocycles. The smallest absolute Gasteiger partial charge is 0.341 e. The fourth-order valence-electron chi connectivity index (χ4n) is 3.58. The maximum Gasteiger partial charge on any atom is 0.341 e. The van der Waals surface area contributed by atoms with E-state index in [0.717, 1.165) is 29.8 Å². The highest BCUT2D eigenvalue weighted by Crippen LogP contribution is 2.36. The first-order valence-corrected chi connectivity index (χ1v) is 11.6. The number of anilines is 1. The molecule has 0 aliphatic carbocycles. The molecule has 1 aromatic carbocycles. The van der Waals surface area contributed by atoms with Gasteiger partial charge in [-0.25, -0.2) is 4.79 Å². The summed E-state index contributed by atoms with van der Waals surface area (Å²) < 4.78 is 5.29. The summed E-state index contributed by atoms with van der Waals surface area (Å²) in [6, 6.07) is 8.00. The van der Waals surface area contributed by atoms with E-state index in [2.05, 4.69) is 33.0 Å². The molecule has 0 atom stereocenters. The highest BCUT2D eigenvalue weighted by molar-refractivity contribution is 7.15. The molecule has 1 aromatic heterocycles. The highest BCUT2D eigenvalue weighted by Gasteiger charge is 2.24. The number of carbonyl (C=O) groups is 2. The van der Waals surface area contributed by atoms with Crippen LogP contribution < -0.4 is 10.2 Å². The van der Waals surface area contributed by atoms with Gasteiger partial charge in [-0.3, -0.25) is 4.79 Å². The van der Waals surface area contributed by atoms with E-state index in [9.17, 15) is 9.59 Å². The van der Waals surface area contributed by atoms with Crippen LogP contribution in [0.4, 0.5) is 5.00 Å². The number of benzene rings is 1. The van der Waals surface area contributed by atoms with E-state index in [0.29, 0.717) is 28.9 Å². The Morgan fingerprint density at radius 2 is 1.67 bits per heavy atom. The Labute approximate surface area is 184 Å². The van der Waals surface area contributed by atoms with Crippen molar-refractivity contribution in [3.8, 4) is 11.1 Å². The van der Waals surface area contributed by atoms with Crippen LogP contribution in [-0.2, 0) is 9.53 Å². The number of nitrogens with one attached hydrogen (secondary N) is 2. The van der Waals surface area contributed by atoms with Crippen molar-refractivity contribution in [1.29, 1.82) is 0 Å². The number of hydrogen-bond acceptors (Lipinski definition) is 4. The average molecular weight is 432 g/mol. The Morgan fingerprint density at radius 1 is 1.07 bits per heavy atom. The Bertz CT molecular complexity index is 831. The van der Waals surface area contributed by atoms with E-state index in [4.69, 9.17) is 4.74 Å². The summed E-state index contributed by atoms with van der Waals surface area (Å²) in [5, 5.41) is 5.46. The maximum atomic E-state index is 12.8. The number of hydrogen-bond donors (Lipinski definition) is 2. The molecule has 2 aromatic rings. The van der Waals surface area contributed by atoms with E-state index in [1.807, 2.05) is 36.6 Å². The Kier molecular flexibility index (Phi) is 9.06. The predicted octanol–water partition coefficient (Wildman–Crippen LogP) is 4.04. The number of quaternary nitrogens is 1. The molecule has 5 nitrogen and oxygen atoms in total. The number of esters is 1. The molecule has 0 saturated heterocycles. The number of ether oxygens (including phenoxy) is 1. The Balaban J connectivity index is 2.26. The van der Waals surface area contributed by atoms with E-state index >= 15 is 0 Å². The van der Waals surface area contributed by atoms with Crippen molar-refractivity contribution in [1.82, 2.24) is 0 Å². The van der Waals surface area contributed by atoms with Gasteiger partial charge in [0.25, 0.3) is 5.91 Å². The lowest BCUT2D eigenvalue weighted by molar-refractivity contribution is -0.897. The van der Waals surface area contributed by atoms with Gasteiger partial charge in [-0.2, -0.15) is 0 Å². The van der Waals surface area contributed by atoms with Gasteiger partial charge in [0.1, 0.15) is 10.6 Å². The quantitative estimate of drug-likeness (QED) is 0.558. The second kappa shape index (κ2) is 11.3. The Hall–Kier alpha value is -2.18. The molecule has 164 valence electrons.